The average Bonchev–Trinajstić information content (AvgIpc) is 2.39. The van der Waals surface area contributed by atoms with Crippen LogP contribution in [0.4, 0.5) is 11.5 Å². The van der Waals surface area contributed by atoms with Gasteiger partial charge in [0.15, 0.2) is 0 Å². The lowest BCUT2D eigenvalue weighted by molar-refractivity contribution is 0.0696. The Bertz CT molecular complexity index is 553. The highest BCUT2D eigenvalue weighted by Crippen LogP contribution is 2.17. The lowest BCUT2D eigenvalue weighted by atomic mass is 10.2. The Labute approximate surface area is 105 Å². The van der Waals surface area contributed by atoms with Crippen LogP contribution in [0.15, 0.2) is 42.5 Å². The molecule has 0 saturated heterocycles. The van der Waals surface area contributed by atoms with Crippen molar-refractivity contribution in [1.29, 1.82) is 0 Å². The average molecular weight is 242 g/mol. The molecule has 1 heterocycles. The van der Waals surface area contributed by atoms with Crippen molar-refractivity contribution in [1.82, 2.24) is 4.98 Å². The molecule has 0 radical (unpaired) electrons. The molecule has 0 atom stereocenters. The zero-order valence-electron chi connectivity index (χ0n) is 10.1. The summed E-state index contributed by atoms with van der Waals surface area (Å²) >= 11 is 0. The summed E-state index contributed by atoms with van der Waals surface area (Å²) in [5.41, 5.74) is 1.89. The zero-order valence-corrected chi connectivity index (χ0v) is 10.1. The van der Waals surface area contributed by atoms with Crippen LogP contribution in [0.3, 0.4) is 0 Å². The molecule has 1 aromatic heterocycles. The Morgan fingerprint density at radius 3 is 2.61 bits per heavy atom. The number of carboxylic acid groups (broad SMARTS) is 1. The summed E-state index contributed by atoms with van der Waals surface area (Å²) in [5.74, 6) is -0.388. The van der Waals surface area contributed by atoms with Gasteiger partial charge in [-0.1, -0.05) is 25.1 Å². The van der Waals surface area contributed by atoms with Crippen molar-refractivity contribution in [3.05, 3.63) is 53.7 Å². The molecule has 0 unspecified atom stereocenters. The number of rotatable bonds is 4. The predicted octanol–water partition coefficient (Wildman–Crippen LogP) is 3.09. The van der Waals surface area contributed by atoms with Crippen molar-refractivity contribution in [3.8, 4) is 0 Å². The van der Waals surface area contributed by atoms with Crippen LogP contribution in [0, 0.1) is 0 Å². The maximum Gasteiger partial charge on any atom is 0.335 e. The third-order valence-electron chi connectivity index (χ3n) is 2.53. The summed E-state index contributed by atoms with van der Waals surface area (Å²) in [6.45, 7) is 1.94. The fourth-order valence-corrected chi connectivity index (χ4v) is 1.63. The van der Waals surface area contributed by atoms with E-state index in [-0.39, 0.29) is 5.56 Å². The topological polar surface area (TPSA) is 62.2 Å². The monoisotopic (exact) mass is 242 g/mol. The van der Waals surface area contributed by atoms with Crippen molar-refractivity contribution in [3.63, 3.8) is 0 Å². The lowest BCUT2D eigenvalue weighted by Gasteiger charge is -2.08. The standard InChI is InChI=1S/C14H14N2O2/c1-2-11-8-10(14(17)18)9-13(15-11)16-12-6-4-3-5-7-12/h3-9H,2H2,1H3,(H,15,16)(H,17,18). The number of anilines is 2. The Balaban J connectivity index is 2.32. The number of benzene rings is 1. The number of para-hydroxylation sites is 1. The van der Waals surface area contributed by atoms with Gasteiger partial charge < -0.3 is 10.4 Å². The van der Waals surface area contributed by atoms with E-state index in [4.69, 9.17) is 5.11 Å². The van der Waals surface area contributed by atoms with Gasteiger partial charge in [-0.15, -0.1) is 0 Å². The fraction of sp³-hybridized carbons (Fsp3) is 0.143. The Morgan fingerprint density at radius 1 is 1.28 bits per heavy atom. The molecule has 0 aliphatic heterocycles. The Kier molecular flexibility index (Phi) is 3.57. The van der Waals surface area contributed by atoms with Crippen LogP contribution in [0.1, 0.15) is 23.0 Å². The van der Waals surface area contributed by atoms with Gasteiger partial charge in [-0.25, -0.2) is 9.78 Å². The fourth-order valence-electron chi connectivity index (χ4n) is 1.63. The van der Waals surface area contributed by atoms with Gasteiger partial charge >= 0.3 is 5.97 Å². The van der Waals surface area contributed by atoms with Gasteiger partial charge in [0.05, 0.1) is 5.56 Å². The van der Waals surface area contributed by atoms with Crippen LogP contribution in [0.2, 0.25) is 0 Å². The second-order valence-electron chi connectivity index (χ2n) is 3.88. The van der Waals surface area contributed by atoms with Gasteiger partial charge in [-0.2, -0.15) is 0 Å². The third kappa shape index (κ3) is 2.85. The van der Waals surface area contributed by atoms with Crippen LogP contribution in [0.5, 0.6) is 0 Å². The van der Waals surface area contributed by atoms with Crippen molar-refractivity contribution in [2.45, 2.75) is 13.3 Å². The SMILES string of the molecule is CCc1cc(C(=O)O)cc(Nc2ccccc2)n1. The largest absolute Gasteiger partial charge is 0.478 e. The highest BCUT2D eigenvalue weighted by Gasteiger charge is 2.07. The lowest BCUT2D eigenvalue weighted by Crippen LogP contribution is -2.03. The van der Waals surface area contributed by atoms with Gasteiger partial charge in [-0.3, -0.25) is 0 Å². The molecule has 0 aliphatic carbocycles. The zero-order chi connectivity index (χ0) is 13.0. The third-order valence-corrected chi connectivity index (χ3v) is 2.53. The molecule has 2 N–H and O–H groups in total. The number of aromatic carboxylic acids is 1. The summed E-state index contributed by atoms with van der Waals surface area (Å²) in [5, 5.41) is 12.1. The summed E-state index contributed by atoms with van der Waals surface area (Å²) in [7, 11) is 0. The van der Waals surface area contributed by atoms with Crippen molar-refractivity contribution in [2.24, 2.45) is 0 Å². The van der Waals surface area contributed by atoms with Crippen LogP contribution in [0.25, 0.3) is 0 Å². The first-order valence-electron chi connectivity index (χ1n) is 5.75. The molecule has 4 heteroatoms. The molecule has 4 nitrogen and oxygen atoms in total. The van der Waals surface area contributed by atoms with Crippen LogP contribution in [-0.4, -0.2) is 16.1 Å². The second kappa shape index (κ2) is 5.31. The minimum absolute atomic E-state index is 0.250. The van der Waals surface area contributed by atoms with Crippen molar-refractivity contribution < 1.29 is 9.90 Å². The number of nitrogens with zero attached hydrogens (tertiary/aromatic N) is 1. The molecule has 0 bridgehead atoms. The first-order chi connectivity index (χ1) is 8.69. The highest BCUT2D eigenvalue weighted by molar-refractivity contribution is 5.88. The number of aromatic nitrogens is 1. The number of hydrogen-bond donors (Lipinski definition) is 2. The number of carboxylic acids is 1. The summed E-state index contributed by atoms with van der Waals surface area (Å²) < 4.78 is 0. The van der Waals surface area contributed by atoms with Gasteiger partial charge in [0.2, 0.25) is 0 Å². The molecule has 0 spiro atoms. The molecule has 0 aliphatic rings. The quantitative estimate of drug-likeness (QED) is 0.864. The van der Waals surface area contributed by atoms with Gasteiger partial charge in [0.1, 0.15) is 5.82 Å². The van der Waals surface area contributed by atoms with Gasteiger partial charge in [0, 0.05) is 11.4 Å². The second-order valence-corrected chi connectivity index (χ2v) is 3.88. The summed E-state index contributed by atoms with van der Waals surface area (Å²) in [6.07, 6.45) is 0.699. The van der Waals surface area contributed by atoms with E-state index in [1.807, 2.05) is 37.3 Å². The number of hydrogen-bond acceptors (Lipinski definition) is 3. The maximum absolute atomic E-state index is 11.0. The number of nitrogens with one attached hydrogen (secondary N) is 1. The van der Waals surface area contributed by atoms with Crippen molar-refractivity contribution >= 4 is 17.5 Å². The highest BCUT2D eigenvalue weighted by atomic mass is 16.4. The molecule has 0 amide bonds. The molecule has 2 rings (SSSR count). The number of pyridine rings is 1. The first-order valence-corrected chi connectivity index (χ1v) is 5.75. The van der Waals surface area contributed by atoms with E-state index >= 15 is 0 Å². The molecule has 18 heavy (non-hydrogen) atoms. The van der Waals surface area contributed by atoms with E-state index in [1.54, 1.807) is 6.07 Å². The molecular formula is C14H14N2O2. The molecule has 1 aromatic carbocycles. The van der Waals surface area contributed by atoms with E-state index in [9.17, 15) is 4.79 Å². The minimum Gasteiger partial charge on any atom is -0.478 e. The van der Waals surface area contributed by atoms with E-state index < -0.39 is 5.97 Å². The van der Waals surface area contributed by atoms with Crippen LogP contribution >= 0.6 is 0 Å². The van der Waals surface area contributed by atoms with E-state index in [1.165, 1.54) is 6.07 Å². The molecular weight excluding hydrogens is 228 g/mol. The van der Waals surface area contributed by atoms with Gasteiger partial charge in [-0.05, 0) is 30.7 Å². The molecule has 0 saturated carbocycles. The minimum atomic E-state index is -0.941. The van der Waals surface area contributed by atoms with Gasteiger partial charge in [0.25, 0.3) is 0 Å². The molecule has 2 aromatic rings. The summed E-state index contributed by atoms with van der Waals surface area (Å²) in [6, 6.07) is 12.7. The summed E-state index contributed by atoms with van der Waals surface area (Å²) in [4.78, 5) is 15.4. The number of carbonyl (C=O) groups is 1. The smallest absolute Gasteiger partial charge is 0.335 e. The normalized spacial score (nSPS) is 10.1. The maximum atomic E-state index is 11.0. The first kappa shape index (κ1) is 12.1. The van der Waals surface area contributed by atoms with E-state index in [0.717, 1.165) is 11.4 Å². The molecule has 0 fully saturated rings. The predicted molar refractivity (Wildman–Crippen MR) is 70.3 cm³/mol. The van der Waals surface area contributed by atoms with Crippen LogP contribution < -0.4 is 5.32 Å². The van der Waals surface area contributed by atoms with E-state index in [2.05, 4.69) is 10.3 Å². The van der Waals surface area contributed by atoms with Crippen molar-refractivity contribution in [2.75, 3.05) is 5.32 Å². The Hall–Kier alpha value is -2.36. The molecule has 92 valence electrons. The Morgan fingerprint density at radius 2 is 2.00 bits per heavy atom. The van der Waals surface area contributed by atoms with Crippen LogP contribution in [-0.2, 0) is 6.42 Å². The van der Waals surface area contributed by atoms with E-state index in [0.29, 0.717) is 12.2 Å². The number of aryl methyl sites for hydroxylation is 1.